The molecule has 2 rings (SSSR count). The van der Waals surface area contributed by atoms with Crippen LogP contribution in [0.15, 0.2) is 36.5 Å². The minimum atomic E-state index is -0.0570. The molecule has 0 saturated heterocycles. The minimum absolute atomic E-state index is 0.00974. The predicted octanol–water partition coefficient (Wildman–Crippen LogP) is 3.62. The molecule has 2 aromatic rings. The summed E-state index contributed by atoms with van der Waals surface area (Å²) < 4.78 is 0. The molecule has 0 radical (unpaired) electrons. The Morgan fingerprint density at radius 1 is 1.35 bits per heavy atom. The summed E-state index contributed by atoms with van der Waals surface area (Å²) in [5.74, 6) is 0.545. The highest BCUT2D eigenvalue weighted by atomic mass is 35.5. The van der Waals surface area contributed by atoms with Gasteiger partial charge in [-0.15, -0.1) is 11.6 Å². The van der Waals surface area contributed by atoms with Gasteiger partial charge in [-0.05, 0) is 36.1 Å². The van der Waals surface area contributed by atoms with Gasteiger partial charge < -0.3 is 5.32 Å². The second-order valence-electron chi connectivity index (χ2n) is 5.70. The Labute approximate surface area is 124 Å². The SMILES string of the molecule is CC(C)(CCCl)CNC(=O)c1ccc2ncccc2c1. The molecule has 4 heteroatoms. The number of benzene rings is 1. The Morgan fingerprint density at radius 3 is 2.90 bits per heavy atom. The Balaban J connectivity index is 2.08. The number of halogens is 1. The van der Waals surface area contributed by atoms with Gasteiger partial charge in [0.15, 0.2) is 0 Å². The molecular formula is C16H19ClN2O. The van der Waals surface area contributed by atoms with E-state index in [1.54, 1.807) is 12.3 Å². The van der Waals surface area contributed by atoms with Gasteiger partial charge in [0.25, 0.3) is 5.91 Å². The Hall–Kier alpha value is -1.61. The maximum absolute atomic E-state index is 12.2. The van der Waals surface area contributed by atoms with Crippen molar-refractivity contribution in [3.63, 3.8) is 0 Å². The molecule has 106 valence electrons. The topological polar surface area (TPSA) is 42.0 Å². The summed E-state index contributed by atoms with van der Waals surface area (Å²) >= 11 is 5.76. The number of hydrogen-bond acceptors (Lipinski definition) is 2. The third-order valence-corrected chi connectivity index (χ3v) is 3.55. The molecule has 1 amide bonds. The van der Waals surface area contributed by atoms with Gasteiger partial charge in [-0.1, -0.05) is 19.9 Å². The second-order valence-corrected chi connectivity index (χ2v) is 6.07. The number of carbonyl (C=O) groups is 1. The molecule has 0 saturated carbocycles. The van der Waals surface area contributed by atoms with Crippen molar-refractivity contribution in [1.82, 2.24) is 10.3 Å². The van der Waals surface area contributed by atoms with Crippen molar-refractivity contribution in [2.45, 2.75) is 20.3 Å². The average molecular weight is 291 g/mol. The van der Waals surface area contributed by atoms with E-state index in [-0.39, 0.29) is 11.3 Å². The number of rotatable bonds is 5. The summed E-state index contributed by atoms with van der Waals surface area (Å²) in [5.41, 5.74) is 1.56. The fourth-order valence-corrected chi connectivity index (χ4v) is 2.49. The fraction of sp³-hybridized carbons (Fsp3) is 0.375. The molecular weight excluding hydrogens is 272 g/mol. The molecule has 3 nitrogen and oxygen atoms in total. The number of amides is 1. The summed E-state index contributed by atoms with van der Waals surface area (Å²) in [4.78, 5) is 16.4. The molecule has 0 aliphatic carbocycles. The molecule has 0 spiro atoms. The number of aromatic nitrogens is 1. The van der Waals surface area contributed by atoms with Gasteiger partial charge in [0, 0.05) is 29.6 Å². The lowest BCUT2D eigenvalue weighted by Crippen LogP contribution is -2.34. The van der Waals surface area contributed by atoms with Gasteiger partial charge in [0.1, 0.15) is 0 Å². The molecule has 0 bridgehead atoms. The molecule has 0 fully saturated rings. The lowest BCUT2D eigenvalue weighted by Gasteiger charge is -2.23. The van der Waals surface area contributed by atoms with Crippen LogP contribution in [0.1, 0.15) is 30.6 Å². The first-order chi connectivity index (χ1) is 9.52. The van der Waals surface area contributed by atoms with Crippen molar-refractivity contribution in [1.29, 1.82) is 0 Å². The Kier molecular flexibility index (Phi) is 4.61. The van der Waals surface area contributed by atoms with Crippen LogP contribution in [-0.4, -0.2) is 23.3 Å². The molecule has 0 aliphatic heterocycles. The van der Waals surface area contributed by atoms with Crippen molar-refractivity contribution in [2.24, 2.45) is 5.41 Å². The van der Waals surface area contributed by atoms with Crippen LogP contribution in [0.5, 0.6) is 0 Å². The summed E-state index contributed by atoms with van der Waals surface area (Å²) in [6.07, 6.45) is 2.62. The largest absolute Gasteiger partial charge is 0.352 e. The van der Waals surface area contributed by atoms with Crippen LogP contribution in [0.3, 0.4) is 0 Å². The van der Waals surface area contributed by atoms with Gasteiger partial charge in [-0.2, -0.15) is 0 Å². The zero-order valence-electron chi connectivity index (χ0n) is 11.8. The first kappa shape index (κ1) is 14.8. The van der Waals surface area contributed by atoms with Gasteiger partial charge in [0.05, 0.1) is 5.52 Å². The third kappa shape index (κ3) is 3.70. The standard InChI is InChI=1S/C16H19ClN2O/c1-16(2,7-8-17)11-19-15(20)13-5-6-14-12(10-13)4-3-9-18-14/h3-6,9-10H,7-8,11H2,1-2H3,(H,19,20). The second kappa shape index (κ2) is 6.23. The van der Waals surface area contributed by atoms with Gasteiger partial charge in [-0.3, -0.25) is 9.78 Å². The molecule has 0 aliphatic rings. The van der Waals surface area contributed by atoms with Gasteiger partial charge >= 0.3 is 0 Å². The van der Waals surface area contributed by atoms with Gasteiger partial charge in [-0.25, -0.2) is 0 Å². The summed E-state index contributed by atoms with van der Waals surface area (Å²) in [6.45, 7) is 4.81. The smallest absolute Gasteiger partial charge is 0.251 e. The van der Waals surface area contributed by atoms with Crippen LogP contribution in [-0.2, 0) is 0 Å². The quantitative estimate of drug-likeness (QED) is 0.855. The number of nitrogens with one attached hydrogen (secondary N) is 1. The first-order valence-electron chi connectivity index (χ1n) is 6.71. The van der Waals surface area contributed by atoms with E-state index < -0.39 is 0 Å². The van der Waals surface area contributed by atoms with E-state index in [1.165, 1.54) is 0 Å². The van der Waals surface area contributed by atoms with E-state index in [4.69, 9.17) is 11.6 Å². The minimum Gasteiger partial charge on any atom is -0.352 e. The summed E-state index contributed by atoms with van der Waals surface area (Å²) in [5, 5.41) is 3.94. The van der Waals surface area contributed by atoms with E-state index in [0.717, 1.165) is 17.3 Å². The summed E-state index contributed by atoms with van der Waals surface area (Å²) in [6, 6.07) is 9.36. The molecule has 1 aromatic heterocycles. The van der Waals surface area contributed by atoms with Crippen LogP contribution in [0.4, 0.5) is 0 Å². The molecule has 1 N–H and O–H groups in total. The Bertz CT molecular complexity index is 610. The lowest BCUT2D eigenvalue weighted by molar-refractivity contribution is 0.0936. The van der Waals surface area contributed by atoms with E-state index in [9.17, 15) is 4.79 Å². The normalized spacial score (nSPS) is 11.6. The van der Waals surface area contributed by atoms with Crippen molar-refractivity contribution < 1.29 is 4.79 Å². The molecule has 0 unspecified atom stereocenters. The zero-order chi connectivity index (χ0) is 14.6. The molecule has 1 aromatic carbocycles. The van der Waals surface area contributed by atoms with Crippen LogP contribution in [0, 0.1) is 5.41 Å². The van der Waals surface area contributed by atoms with Crippen LogP contribution in [0.25, 0.3) is 10.9 Å². The monoisotopic (exact) mass is 290 g/mol. The fourth-order valence-electron chi connectivity index (χ4n) is 1.98. The van der Waals surface area contributed by atoms with E-state index in [0.29, 0.717) is 18.0 Å². The van der Waals surface area contributed by atoms with Gasteiger partial charge in [0.2, 0.25) is 0 Å². The van der Waals surface area contributed by atoms with Crippen molar-refractivity contribution in [2.75, 3.05) is 12.4 Å². The highest BCUT2D eigenvalue weighted by Crippen LogP contribution is 2.20. The maximum atomic E-state index is 12.2. The number of fused-ring (bicyclic) bond motifs is 1. The summed E-state index contributed by atoms with van der Waals surface area (Å²) in [7, 11) is 0. The van der Waals surface area contributed by atoms with Crippen molar-refractivity contribution in [3.05, 3.63) is 42.1 Å². The number of hydrogen-bond donors (Lipinski definition) is 1. The molecule has 20 heavy (non-hydrogen) atoms. The van der Waals surface area contributed by atoms with Crippen LogP contribution < -0.4 is 5.32 Å². The highest BCUT2D eigenvalue weighted by molar-refractivity contribution is 6.17. The number of pyridine rings is 1. The van der Waals surface area contributed by atoms with E-state index in [2.05, 4.69) is 24.1 Å². The van der Waals surface area contributed by atoms with Crippen molar-refractivity contribution >= 4 is 28.4 Å². The molecule has 1 heterocycles. The number of alkyl halides is 1. The van der Waals surface area contributed by atoms with Crippen LogP contribution in [0.2, 0.25) is 0 Å². The zero-order valence-corrected chi connectivity index (χ0v) is 12.6. The Morgan fingerprint density at radius 2 is 2.15 bits per heavy atom. The first-order valence-corrected chi connectivity index (χ1v) is 7.24. The van der Waals surface area contributed by atoms with Crippen molar-refractivity contribution in [3.8, 4) is 0 Å². The highest BCUT2D eigenvalue weighted by Gasteiger charge is 2.18. The third-order valence-electron chi connectivity index (χ3n) is 3.36. The van der Waals surface area contributed by atoms with Crippen LogP contribution >= 0.6 is 11.6 Å². The van der Waals surface area contributed by atoms with E-state index >= 15 is 0 Å². The average Bonchev–Trinajstić information content (AvgIpc) is 2.44. The number of nitrogens with zero attached hydrogens (tertiary/aromatic N) is 1. The number of carbonyl (C=O) groups excluding carboxylic acids is 1. The maximum Gasteiger partial charge on any atom is 0.251 e. The lowest BCUT2D eigenvalue weighted by atomic mass is 9.90. The predicted molar refractivity (Wildman–Crippen MR) is 83.2 cm³/mol. The molecule has 0 atom stereocenters. The van der Waals surface area contributed by atoms with E-state index in [1.807, 2.05) is 24.3 Å².